The Hall–Kier alpha value is -7.03. The number of methoxy groups -OCH3 is 1. The van der Waals surface area contributed by atoms with Crippen molar-refractivity contribution in [2.24, 2.45) is 0 Å². The topological polar surface area (TPSA) is 261 Å². The van der Waals surface area contributed by atoms with E-state index in [0.29, 0.717) is 28.3 Å². The molecule has 0 aliphatic carbocycles. The Morgan fingerprint density at radius 2 is 1.73 bits per heavy atom. The van der Waals surface area contributed by atoms with Crippen molar-refractivity contribution in [3.8, 4) is 27.8 Å². The number of non-ortho nitro benzene ring substituents is 1. The first kappa shape index (κ1) is 52.3. The standard InChI is InChI=1S/C44H50BF2N7O14S2/c1-27-21-31(50-35(27)24-36-29(9-7-18-54(3,4)5)22-38(41-10-8-20-69-41)51(36)45(50,46)47)13-16-42(55)49-34(26-70(62,63)64)43(56)48-17-19-66-40-25-37(53(60)61)33(23-39(40)65-6)28(2)67-44(57)68-32-14-11-30(12-15-32)52(58)59/h8,10-12,14-15,20-25,28,34H,7,9,13,16-19,26H2,1-6H3,(H2-,48,49,55,56,62,63,64)/p+1. The van der Waals surface area contributed by atoms with Gasteiger partial charge in [0.15, 0.2) is 17.2 Å². The highest BCUT2D eigenvalue weighted by molar-refractivity contribution is 7.85. The molecular weight excluding hydrogens is 963 g/mol. The Labute approximate surface area is 404 Å². The molecule has 3 N–H and O–H groups in total. The second-order valence-corrected chi connectivity index (χ2v) is 19.8. The van der Waals surface area contributed by atoms with Crippen LogP contribution in [0.3, 0.4) is 0 Å². The minimum atomic E-state index is -4.86. The molecule has 0 radical (unpaired) electrons. The van der Waals surface area contributed by atoms with E-state index in [9.17, 15) is 47.6 Å². The highest BCUT2D eigenvalue weighted by atomic mass is 32.2. The number of rotatable bonds is 22. The maximum atomic E-state index is 17.0. The van der Waals surface area contributed by atoms with Gasteiger partial charge in [0, 0.05) is 65.4 Å². The Balaban J connectivity index is 1.10. The number of halogens is 2. The van der Waals surface area contributed by atoms with Crippen molar-refractivity contribution < 1.29 is 73.7 Å². The third-order valence-electron chi connectivity index (χ3n) is 11.2. The van der Waals surface area contributed by atoms with E-state index in [1.165, 1.54) is 31.4 Å². The molecule has 2 aliphatic heterocycles. The van der Waals surface area contributed by atoms with Gasteiger partial charge in [-0.3, -0.25) is 34.4 Å². The van der Waals surface area contributed by atoms with Gasteiger partial charge in [0.25, 0.3) is 21.5 Å². The van der Waals surface area contributed by atoms with Gasteiger partial charge in [-0.15, -0.1) is 11.3 Å². The van der Waals surface area contributed by atoms with Crippen molar-refractivity contribution in [2.75, 3.05) is 53.7 Å². The van der Waals surface area contributed by atoms with E-state index in [1.54, 1.807) is 31.2 Å². The number of ether oxygens (including phenoxy) is 4. The molecule has 2 aliphatic rings. The third-order valence-corrected chi connectivity index (χ3v) is 12.9. The summed E-state index contributed by atoms with van der Waals surface area (Å²) in [4.78, 5) is 61.3. The van der Waals surface area contributed by atoms with Gasteiger partial charge in [0.2, 0.25) is 11.8 Å². The average Bonchev–Trinajstić information content (AvgIpc) is 4.02. The van der Waals surface area contributed by atoms with Crippen LogP contribution in [0.1, 0.15) is 56.0 Å². The fourth-order valence-electron chi connectivity index (χ4n) is 8.02. The Bertz CT molecular complexity index is 2900. The number of thiophene rings is 1. The van der Waals surface area contributed by atoms with Crippen LogP contribution in [0.4, 0.5) is 24.8 Å². The van der Waals surface area contributed by atoms with E-state index in [4.69, 9.17) is 18.9 Å². The second-order valence-electron chi connectivity index (χ2n) is 17.4. The fraction of sp³-hybridized carbons (Fsp3) is 0.364. The second kappa shape index (κ2) is 21.3. The smallest absolute Gasteiger partial charge is 0.493 e. The monoisotopic (exact) mass is 1010 g/mol. The number of carbonyl (C=O) groups excluding carboxylic acids is 3. The molecule has 2 aromatic carbocycles. The molecule has 2 atom stereocenters. The van der Waals surface area contributed by atoms with Crippen LogP contribution in [0.5, 0.6) is 17.2 Å². The Kier molecular flexibility index (Phi) is 15.9. The molecule has 21 nitrogen and oxygen atoms in total. The predicted molar refractivity (Wildman–Crippen MR) is 254 cm³/mol. The lowest BCUT2D eigenvalue weighted by Gasteiger charge is -2.31. The average molecular weight is 1010 g/mol. The van der Waals surface area contributed by atoms with Gasteiger partial charge in [-0.05, 0) is 61.5 Å². The Morgan fingerprint density at radius 1 is 1.01 bits per heavy atom. The molecule has 0 fully saturated rings. The van der Waals surface area contributed by atoms with Gasteiger partial charge in [-0.2, -0.15) is 8.42 Å². The minimum absolute atomic E-state index is 0.0635. The minimum Gasteiger partial charge on any atom is -0.493 e. The molecule has 0 spiro atoms. The predicted octanol–water partition coefficient (Wildman–Crippen LogP) is 6.30. The number of quaternary nitrogens is 1. The number of benzene rings is 2. The number of hydrogen-bond acceptors (Lipinski definition) is 14. The summed E-state index contributed by atoms with van der Waals surface area (Å²) >= 11 is 1.34. The van der Waals surface area contributed by atoms with Gasteiger partial charge >= 0.3 is 13.1 Å². The molecular formula is C44H51BF2N7O14S2+. The van der Waals surface area contributed by atoms with Crippen molar-refractivity contribution in [2.45, 2.75) is 51.7 Å². The lowest BCUT2D eigenvalue weighted by atomic mass is 9.89. The van der Waals surface area contributed by atoms with E-state index in [0.717, 1.165) is 62.3 Å². The van der Waals surface area contributed by atoms with Crippen molar-refractivity contribution >= 4 is 69.6 Å². The number of nitrogens with zero attached hydrogens (tertiary/aromatic N) is 5. The maximum absolute atomic E-state index is 17.0. The van der Waals surface area contributed by atoms with E-state index in [1.807, 2.05) is 11.4 Å². The summed E-state index contributed by atoms with van der Waals surface area (Å²) in [7, 11) is 2.56. The van der Waals surface area contributed by atoms with Crippen molar-refractivity contribution in [1.29, 1.82) is 0 Å². The first-order valence-corrected chi connectivity index (χ1v) is 24.2. The quantitative estimate of drug-likeness (QED) is 0.0114. The zero-order chi connectivity index (χ0) is 51.3. The molecule has 0 bridgehead atoms. The van der Waals surface area contributed by atoms with Crippen molar-refractivity contribution in [3.63, 3.8) is 0 Å². The SMILES string of the molecule is COc1cc(C(C)OC(=O)Oc2ccc([N+](=O)[O-])cc2)c([N+](=O)[O-])cc1OCCNC(=O)C(CS(=O)(=O)O)NC(=O)CCC1=[N+]2C(=Cc3c(CCC[N+](C)(C)C)cc(-c4cccs4)n3[B-]2(F)F)C(C)=C1. The fourth-order valence-corrected chi connectivity index (χ4v) is 9.41. The van der Waals surface area contributed by atoms with Crippen molar-refractivity contribution in [3.05, 3.63) is 114 Å². The van der Waals surface area contributed by atoms with Crippen LogP contribution in [0.2, 0.25) is 0 Å². The van der Waals surface area contributed by atoms with Crippen LogP contribution in [0.25, 0.3) is 16.6 Å². The summed E-state index contributed by atoms with van der Waals surface area (Å²) in [5.41, 5.74) is 1.59. The molecule has 70 heavy (non-hydrogen) atoms. The van der Waals surface area contributed by atoms with Crippen LogP contribution in [-0.4, -0.2) is 127 Å². The Morgan fingerprint density at radius 3 is 2.34 bits per heavy atom. The molecule has 2 amide bonds. The molecule has 374 valence electrons. The summed E-state index contributed by atoms with van der Waals surface area (Å²) < 4.78 is 91.6. The lowest BCUT2D eigenvalue weighted by Crippen LogP contribution is -2.51. The normalized spacial score (nSPS) is 14.9. The maximum Gasteiger partial charge on any atom is 0.737 e. The molecule has 2 aromatic heterocycles. The molecule has 2 unspecified atom stereocenters. The largest absolute Gasteiger partial charge is 0.737 e. The zero-order valence-electron chi connectivity index (χ0n) is 38.9. The first-order valence-electron chi connectivity index (χ1n) is 21.7. The van der Waals surface area contributed by atoms with E-state index < -0.39 is 74.9 Å². The molecule has 6 rings (SSSR count). The number of carbonyl (C=O) groups is 3. The van der Waals surface area contributed by atoms with Gasteiger partial charge in [0.1, 0.15) is 36.0 Å². The molecule has 4 heterocycles. The van der Waals surface area contributed by atoms with Gasteiger partial charge in [0.05, 0.1) is 62.8 Å². The van der Waals surface area contributed by atoms with Crippen LogP contribution in [0.15, 0.2) is 77.3 Å². The number of fused-ring (bicyclic) bond motifs is 2. The summed E-state index contributed by atoms with van der Waals surface area (Å²) in [6.07, 6.45) is 1.43. The van der Waals surface area contributed by atoms with Crippen LogP contribution >= 0.6 is 11.3 Å². The zero-order valence-corrected chi connectivity index (χ0v) is 40.5. The summed E-state index contributed by atoms with van der Waals surface area (Å²) in [5, 5.41) is 29.5. The van der Waals surface area contributed by atoms with Crippen LogP contribution < -0.4 is 24.8 Å². The molecule has 26 heteroatoms. The van der Waals surface area contributed by atoms with Crippen LogP contribution in [-0.2, 0) is 30.9 Å². The summed E-state index contributed by atoms with van der Waals surface area (Å²) in [6.45, 7) is -1.39. The van der Waals surface area contributed by atoms with Gasteiger partial charge in [-0.1, -0.05) is 6.07 Å². The summed E-state index contributed by atoms with van der Waals surface area (Å²) in [5.74, 6) is -3.51. The number of nitrogens with one attached hydrogen (secondary N) is 2. The van der Waals surface area contributed by atoms with E-state index in [2.05, 4.69) is 31.8 Å². The van der Waals surface area contributed by atoms with E-state index >= 15 is 8.63 Å². The molecule has 0 saturated heterocycles. The highest BCUT2D eigenvalue weighted by Crippen LogP contribution is 2.42. The lowest BCUT2D eigenvalue weighted by molar-refractivity contribution is -0.870. The number of nitro groups is 2. The van der Waals surface area contributed by atoms with Crippen molar-refractivity contribution in [1.82, 2.24) is 15.1 Å². The number of aromatic nitrogens is 1. The number of hydrogen-bond donors (Lipinski definition) is 3. The third kappa shape index (κ3) is 12.6. The van der Waals surface area contributed by atoms with Gasteiger partial charge < -0.3 is 51.7 Å². The number of nitro benzene ring substituents is 2. The van der Waals surface area contributed by atoms with Gasteiger partial charge in [-0.25, -0.2) is 4.79 Å². The number of amides is 2. The number of allylic oxidation sites excluding steroid dienone is 2. The molecule has 4 aromatic rings. The molecule has 0 saturated carbocycles. The first-order chi connectivity index (χ1) is 32.9. The van der Waals surface area contributed by atoms with Crippen LogP contribution in [0, 0.1) is 20.2 Å². The highest BCUT2D eigenvalue weighted by Gasteiger charge is 2.54. The number of aryl methyl sites for hydroxylation is 1. The van der Waals surface area contributed by atoms with E-state index in [-0.39, 0.29) is 59.5 Å². The summed E-state index contributed by atoms with van der Waals surface area (Å²) in [6, 6.07) is 10.2.